The molecule has 16 nitrogen and oxygen atoms in total. The molecule has 0 radical (unpaired) electrons. The Balaban J connectivity index is 0.0000490. The summed E-state index contributed by atoms with van der Waals surface area (Å²) in [5.74, 6) is -0.222. The van der Waals surface area contributed by atoms with Crippen LogP contribution in [0.3, 0.4) is 0 Å². The van der Waals surface area contributed by atoms with Gasteiger partial charge in [0.15, 0.2) is 0 Å². The number of amides is 6. The minimum absolute atomic E-state index is 0. The van der Waals surface area contributed by atoms with Crippen LogP contribution in [0.15, 0.2) is 24.3 Å². The highest BCUT2D eigenvalue weighted by molar-refractivity contribution is 5.85. The Morgan fingerprint density at radius 3 is 1.17 bits per heavy atom. The van der Waals surface area contributed by atoms with Gasteiger partial charge < -0.3 is 45.8 Å². The molecule has 0 saturated heterocycles. The first-order valence-electron chi connectivity index (χ1n) is 27.8. The monoisotopic (exact) mass is 1020 g/mol. The van der Waals surface area contributed by atoms with E-state index in [1.165, 1.54) is 141 Å². The molecule has 0 atom stereocenters. The van der Waals surface area contributed by atoms with Gasteiger partial charge in [0.05, 0.1) is 72.4 Å². The van der Waals surface area contributed by atoms with Gasteiger partial charge in [0, 0.05) is 70.8 Å². The predicted octanol–water partition coefficient (Wildman–Crippen LogP) is 9.25. The third-order valence-corrected chi connectivity index (χ3v) is 13.3. The first-order chi connectivity index (χ1) is 33.7. The molecule has 1 aromatic rings. The molecule has 0 fully saturated rings. The van der Waals surface area contributed by atoms with Crippen molar-refractivity contribution in [3.05, 3.63) is 39.9 Å². The lowest BCUT2D eigenvalue weighted by Gasteiger charge is -2.30. The molecular formula is C54H105ClN10O6+2. The van der Waals surface area contributed by atoms with Crippen molar-refractivity contribution in [1.29, 1.82) is 0 Å². The molecule has 6 amide bonds. The Morgan fingerprint density at radius 2 is 0.803 bits per heavy atom. The fraction of sp³-hybridized carbons (Fsp3) is 0.815. The maximum absolute atomic E-state index is 12.8. The highest BCUT2D eigenvalue weighted by atomic mass is 35.5. The van der Waals surface area contributed by atoms with Gasteiger partial charge in [-0.3, -0.25) is 19.7 Å². The Hall–Kier alpha value is -3.73. The van der Waals surface area contributed by atoms with Gasteiger partial charge in [-0.2, -0.15) is 0 Å². The van der Waals surface area contributed by atoms with Gasteiger partial charge in [-0.15, -0.1) is 12.4 Å². The molecular weight excluding hydrogens is 920 g/mol. The zero-order chi connectivity index (χ0) is 51.6. The van der Waals surface area contributed by atoms with Crippen molar-refractivity contribution < 1.29 is 33.1 Å². The number of likely N-dealkylation sites (N-methyl/N-ethyl adjacent to an activating group) is 2. The number of halogens is 1. The molecule has 6 N–H and O–H groups in total. The molecule has 0 bridgehead atoms. The van der Waals surface area contributed by atoms with E-state index in [-0.39, 0.29) is 54.8 Å². The highest BCUT2D eigenvalue weighted by Crippen LogP contribution is 2.15. The number of nitro benzene ring substituents is 1. The van der Waals surface area contributed by atoms with Crippen molar-refractivity contribution >= 4 is 42.0 Å². The van der Waals surface area contributed by atoms with Crippen LogP contribution < -0.4 is 31.9 Å². The van der Waals surface area contributed by atoms with Crippen LogP contribution in [-0.4, -0.2) is 156 Å². The SMILES string of the molecule is CCCCCCCCCCCC[N+](C)(C)CCNC(=O)NCCCNC(=O)CCN(CCC(=O)NCCCNC(=O)NCC[N+](C)(C)CCCCCCCCCCCC)CCc1ccc([N+](=O)[O-])cc1.Cl. The Kier molecular flexibility index (Phi) is 41.5. The summed E-state index contributed by atoms with van der Waals surface area (Å²) in [4.78, 5) is 63.2. The van der Waals surface area contributed by atoms with Crippen molar-refractivity contribution in [3.63, 3.8) is 0 Å². The lowest BCUT2D eigenvalue weighted by atomic mass is 10.1. The van der Waals surface area contributed by atoms with E-state index in [1.807, 2.05) is 0 Å². The van der Waals surface area contributed by atoms with E-state index < -0.39 is 4.92 Å². The van der Waals surface area contributed by atoms with E-state index in [9.17, 15) is 29.3 Å². The third-order valence-electron chi connectivity index (χ3n) is 13.3. The molecule has 0 aromatic heterocycles. The van der Waals surface area contributed by atoms with Crippen molar-refractivity contribution in [2.45, 2.75) is 174 Å². The molecule has 1 aromatic carbocycles. The van der Waals surface area contributed by atoms with E-state index in [0.717, 1.165) is 40.7 Å². The van der Waals surface area contributed by atoms with Crippen LogP contribution in [0.2, 0.25) is 0 Å². The topological polar surface area (TPSA) is 187 Å². The number of rotatable bonds is 46. The second kappa shape index (κ2) is 43.8. The van der Waals surface area contributed by atoms with E-state index in [4.69, 9.17) is 0 Å². The quantitative estimate of drug-likeness (QED) is 0.0163. The lowest BCUT2D eigenvalue weighted by molar-refractivity contribution is -0.889. The molecule has 0 aliphatic heterocycles. The van der Waals surface area contributed by atoms with Crippen molar-refractivity contribution in [1.82, 2.24) is 36.8 Å². The highest BCUT2D eigenvalue weighted by Gasteiger charge is 2.17. The number of nitrogens with one attached hydrogen (secondary N) is 6. The maximum Gasteiger partial charge on any atom is 0.314 e. The van der Waals surface area contributed by atoms with Gasteiger partial charge >= 0.3 is 12.1 Å². The average Bonchev–Trinajstić information content (AvgIpc) is 3.32. The van der Waals surface area contributed by atoms with Gasteiger partial charge in [0.25, 0.3) is 5.69 Å². The summed E-state index contributed by atoms with van der Waals surface area (Å²) in [7, 11) is 8.88. The predicted molar refractivity (Wildman–Crippen MR) is 295 cm³/mol. The average molecular weight is 1030 g/mol. The Labute approximate surface area is 437 Å². The molecule has 412 valence electrons. The number of urea groups is 2. The summed E-state index contributed by atoms with van der Waals surface area (Å²) in [5.41, 5.74) is 0.958. The molecule has 17 heteroatoms. The van der Waals surface area contributed by atoms with Crippen LogP contribution >= 0.6 is 12.4 Å². The number of nitrogens with zero attached hydrogens (tertiary/aromatic N) is 4. The van der Waals surface area contributed by atoms with E-state index in [1.54, 1.807) is 12.1 Å². The molecule has 0 aliphatic rings. The van der Waals surface area contributed by atoms with E-state index in [2.05, 4.69) is 78.8 Å². The first kappa shape index (κ1) is 67.3. The van der Waals surface area contributed by atoms with Crippen LogP contribution in [-0.2, 0) is 16.0 Å². The van der Waals surface area contributed by atoms with Crippen LogP contribution in [0.25, 0.3) is 0 Å². The van der Waals surface area contributed by atoms with Crippen LogP contribution in [0, 0.1) is 10.1 Å². The van der Waals surface area contributed by atoms with Gasteiger partial charge in [0.1, 0.15) is 0 Å². The third kappa shape index (κ3) is 41.4. The van der Waals surface area contributed by atoms with Crippen molar-refractivity contribution in [2.24, 2.45) is 0 Å². The van der Waals surface area contributed by atoms with Crippen LogP contribution in [0.1, 0.15) is 174 Å². The molecule has 1 rings (SSSR count). The molecule has 71 heavy (non-hydrogen) atoms. The fourth-order valence-electron chi connectivity index (χ4n) is 8.49. The summed E-state index contributed by atoms with van der Waals surface area (Å²) >= 11 is 0. The van der Waals surface area contributed by atoms with Gasteiger partial charge in [-0.05, 0) is 50.5 Å². The minimum atomic E-state index is -0.425. The largest absolute Gasteiger partial charge is 0.356 e. The van der Waals surface area contributed by atoms with Crippen LogP contribution in [0.4, 0.5) is 15.3 Å². The number of unbranched alkanes of at least 4 members (excludes halogenated alkanes) is 18. The summed E-state index contributed by atoms with van der Waals surface area (Å²) in [6.07, 6.45) is 28.8. The number of nitro groups is 1. The summed E-state index contributed by atoms with van der Waals surface area (Å²) in [6.45, 7) is 12.9. The molecule has 0 saturated carbocycles. The summed E-state index contributed by atoms with van der Waals surface area (Å²) in [5, 5.41) is 28.7. The number of quaternary nitrogens is 2. The van der Waals surface area contributed by atoms with Gasteiger partial charge in [-0.1, -0.05) is 129 Å². The van der Waals surface area contributed by atoms with E-state index in [0.29, 0.717) is 78.2 Å². The first-order valence-corrected chi connectivity index (χ1v) is 27.8. The number of non-ortho nitro benzene ring substituents is 1. The maximum atomic E-state index is 12.8. The number of carbonyl (C=O) groups is 4. The Bertz CT molecular complexity index is 1440. The van der Waals surface area contributed by atoms with Crippen molar-refractivity contribution in [2.75, 3.05) is 113 Å². The summed E-state index contributed by atoms with van der Waals surface area (Å²) < 4.78 is 1.76. The minimum Gasteiger partial charge on any atom is -0.356 e. The van der Waals surface area contributed by atoms with Gasteiger partial charge in [0.2, 0.25) is 11.8 Å². The number of hydrogen-bond donors (Lipinski definition) is 6. The van der Waals surface area contributed by atoms with Crippen LogP contribution in [0.5, 0.6) is 0 Å². The molecule has 0 unspecified atom stereocenters. The molecule has 0 aliphatic carbocycles. The number of carbonyl (C=O) groups excluding carboxylic acids is 4. The Morgan fingerprint density at radius 1 is 0.465 bits per heavy atom. The standard InChI is InChI=1S/C54H102N10O6.ClH/c1-7-9-11-13-15-17-19-21-23-25-45-63(3,4)47-40-59-53(67)57-38-27-36-55-51(65)34-43-61(42-33-49-29-31-50(32-30-49)62(69)70)44-35-52(66)56-37-28-39-58-54(68)60-41-48-64(5,6)46-26-24-22-20-18-16-14-12-10-8-2;/h29-32H,7-28,33-48H2,1-6H3,(H4-2,55,56,57,58,59,60,65,66,67,68);1H/p+2. The number of hydrogen-bond acceptors (Lipinski definition) is 7. The van der Waals surface area contributed by atoms with Crippen molar-refractivity contribution in [3.8, 4) is 0 Å². The zero-order valence-corrected chi connectivity index (χ0v) is 46.6. The number of benzene rings is 1. The second-order valence-corrected chi connectivity index (χ2v) is 20.9. The molecule has 0 spiro atoms. The van der Waals surface area contributed by atoms with E-state index >= 15 is 0 Å². The fourth-order valence-corrected chi connectivity index (χ4v) is 8.49. The summed E-state index contributed by atoms with van der Waals surface area (Å²) in [6, 6.07) is 6.04. The second-order valence-electron chi connectivity index (χ2n) is 20.9. The van der Waals surface area contributed by atoms with Gasteiger partial charge in [-0.25, -0.2) is 9.59 Å². The lowest BCUT2D eigenvalue weighted by Crippen LogP contribution is -2.47. The normalized spacial score (nSPS) is 11.5. The smallest absolute Gasteiger partial charge is 0.314 e. The molecule has 0 heterocycles. The zero-order valence-electron chi connectivity index (χ0n) is 45.8.